The number of hydrogen-bond acceptors (Lipinski definition) is 4. The number of thiazole rings is 1. The second kappa shape index (κ2) is 6.66. The third kappa shape index (κ3) is 3.27. The van der Waals surface area contributed by atoms with Crippen LogP contribution >= 0.6 is 22.9 Å². The molecule has 1 fully saturated rings. The summed E-state index contributed by atoms with van der Waals surface area (Å²) in [5.41, 5.74) is 1.29. The standard InChI is InChI=1S/C18H13ClFN3O2S/c19-11-2-1-3-13(7-11)23-9-10(6-16(23)24)17(25)22-18-21-14-5-4-12(20)8-15(14)26-18/h1-5,7-8,10H,6,9H2,(H,21,22,25)/t10-/m1/s1. The predicted octanol–water partition coefficient (Wildman–Crippen LogP) is 4.08. The third-order valence-corrected chi connectivity index (χ3v) is 5.37. The molecule has 0 unspecified atom stereocenters. The Balaban J connectivity index is 1.49. The van der Waals surface area contributed by atoms with Crippen LogP contribution in [-0.2, 0) is 9.59 Å². The molecule has 0 saturated carbocycles. The molecule has 1 atom stereocenters. The molecule has 1 aromatic heterocycles. The van der Waals surface area contributed by atoms with E-state index >= 15 is 0 Å². The molecule has 4 rings (SSSR count). The summed E-state index contributed by atoms with van der Waals surface area (Å²) in [7, 11) is 0. The first kappa shape index (κ1) is 16.9. The predicted molar refractivity (Wildman–Crippen MR) is 100 cm³/mol. The van der Waals surface area contributed by atoms with Crippen molar-refractivity contribution < 1.29 is 14.0 Å². The van der Waals surface area contributed by atoms with Gasteiger partial charge in [-0.25, -0.2) is 9.37 Å². The minimum Gasteiger partial charge on any atom is -0.312 e. The van der Waals surface area contributed by atoms with Crippen molar-refractivity contribution in [2.45, 2.75) is 6.42 Å². The molecule has 0 bridgehead atoms. The molecule has 2 heterocycles. The SMILES string of the molecule is O=C(Nc1nc2ccc(F)cc2s1)[C@@H]1CC(=O)N(c2cccc(Cl)c2)C1. The Morgan fingerprint density at radius 1 is 1.31 bits per heavy atom. The minimum atomic E-state index is -0.481. The van der Waals surface area contributed by atoms with Crippen molar-refractivity contribution in [2.75, 3.05) is 16.8 Å². The maximum absolute atomic E-state index is 13.3. The molecular formula is C18H13ClFN3O2S. The van der Waals surface area contributed by atoms with E-state index in [1.54, 1.807) is 35.2 Å². The van der Waals surface area contributed by atoms with Gasteiger partial charge in [0, 0.05) is 23.7 Å². The van der Waals surface area contributed by atoms with Crippen LogP contribution < -0.4 is 10.2 Å². The minimum absolute atomic E-state index is 0.123. The molecule has 8 heteroatoms. The lowest BCUT2D eigenvalue weighted by atomic mass is 10.1. The summed E-state index contributed by atoms with van der Waals surface area (Å²) in [4.78, 5) is 30.6. The average Bonchev–Trinajstić information content (AvgIpc) is 3.17. The summed E-state index contributed by atoms with van der Waals surface area (Å²) in [6.07, 6.45) is 0.123. The van der Waals surface area contributed by atoms with E-state index in [1.165, 1.54) is 23.5 Å². The van der Waals surface area contributed by atoms with Crippen LogP contribution in [0.4, 0.5) is 15.2 Å². The molecule has 1 aliphatic heterocycles. The first-order valence-electron chi connectivity index (χ1n) is 7.92. The van der Waals surface area contributed by atoms with Crippen molar-refractivity contribution in [2.24, 2.45) is 5.92 Å². The molecule has 26 heavy (non-hydrogen) atoms. The summed E-state index contributed by atoms with van der Waals surface area (Å²) >= 11 is 7.18. The van der Waals surface area contributed by atoms with Crippen molar-refractivity contribution in [3.63, 3.8) is 0 Å². The second-order valence-electron chi connectivity index (χ2n) is 6.01. The number of rotatable bonds is 3. The molecule has 1 N–H and O–H groups in total. The number of anilines is 2. The van der Waals surface area contributed by atoms with Crippen LogP contribution in [0.3, 0.4) is 0 Å². The summed E-state index contributed by atoms with van der Waals surface area (Å²) in [5.74, 6) is -1.23. The highest BCUT2D eigenvalue weighted by Gasteiger charge is 2.35. The summed E-state index contributed by atoms with van der Waals surface area (Å²) < 4.78 is 13.9. The molecule has 1 aliphatic rings. The highest BCUT2D eigenvalue weighted by molar-refractivity contribution is 7.22. The van der Waals surface area contributed by atoms with Gasteiger partial charge < -0.3 is 10.2 Å². The number of carbonyl (C=O) groups excluding carboxylic acids is 2. The monoisotopic (exact) mass is 389 g/mol. The van der Waals surface area contributed by atoms with Crippen molar-refractivity contribution in [3.8, 4) is 0 Å². The van der Waals surface area contributed by atoms with Gasteiger partial charge in [0.15, 0.2) is 5.13 Å². The molecule has 0 spiro atoms. The van der Waals surface area contributed by atoms with Gasteiger partial charge in [0.25, 0.3) is 0 Å². The maximum atomic E-state index is 13.3. The van der Waals surface area contributed by atoms with E-state index in [0.717, 1.165) is 0 Å². The number of nitrogens with zero attached hydrogens (tertiary/aromatic N) is 2. The van der Waals surface area contributed by atoms with Crippen molar-refractivity contribution in [3.05, 3.63) is 53.3 Å². The van der Waals surface area contributed by atoms with E-state index < -0.39 is 5.92 Å². The molecule has 1 saturated heterocycles. The van der Waals surface area contributed by atoms with Crippen LogP contribution in [0.25, 0.3) is 10.2 Å². The first-order valence-corrected chi connectivity index (χ1v) is 9.12. The molecular weight excluding hydrogens is 377 g/mol. The number of benzene rings is 2. The van der Waals surface area contributed by atoms with Crippen LogP contribution in [0.5, 0.6) is 0 Å². The van der Waals surface area contributed by atoms with Crippen LogP contribution in [0, 0.1) is 11.7 Å². The van der Waals surface area contributed by atoms with Gasteiger partial charge >= 0.3 is 0 Å². The lowest BCUT2D eigenvalue weighted by molar-refractivity contribution is -0.122. The van der Waals surface area contributed by atoms with Gasteiger partial charge in [-0.2, -0.15) is 0 Å². The van der Waals surface area contributed by atoms with Gasteiger partial charge in [-0.05, 0) is 36.4 Å². The number of aromatic nitrogens is 1. The van der Waals surface area contributed by atoms with Gasteiger partial charge in [0.05, 0.1) is 16.1 Å². The molecule has 0 radical (unpaired) electrons. The van der Waals surface area contributed by atoms with Crippen LogP contribution in [-0.4, -0.2) is 23.3 Å². The van der Waals surface area contributed by atoms with E-state index in [-0.39, 0.29) is 30.6 Å². The fourth-order valence-electron chi connectivity index (χ4n) is 2.94. The molecule has 5 nitrogen and oxygen atoms in total. The third-order valence-electron chi connectivity index (χ3n) is 4.20. The maximum Gasteiger partial charge on any atom is 0.231 e. The Bertz CT molecular complexity index is 1020. The number of carbonyl (C=O) groups is 2. The van der Waals surface area contributed by atoms with Crippen molar-refractivity contribution in [1.82, 2.24) is 4.98 Å². The summed E-state index contributed by atoms with van der Waals surface area (Å²) in [5, 5.41) is 3.66. The van der Waals surface area contributed by atoms with Gasteiger partial charge in [0.2, 0.25) is 11.8 Å². The normalized spacial score (nSPS) is 17.1. The quantitative estimate of drug-likeness (QED) is 0.734. The van der Waals surface area contributed by atoms with Crippen molar-refractivity contribution >= 4 is 55.8 Å². The number of nitrogens with one attached hydrogen (secondary N) is 1. The van der Waals surface area contributed by atoms with Crippen molar-refractivity contribution in [1.29, 1.82) is 0 Å². The highest BCUT2D eigenvalue weighted by atomic mass is 35.5. The molecule has 2 aromatic carbocycles. The highest BCUT2D eigenvalue weighted by Crippen LogP contribution is 2.30. The van der Waals surface area contributed by atoms with E-state index in [0.29, 0.717) is 26.1 Å². The number of hydrogen-bond donors (Lipinski definition) is 1. The fourth-order valence-corrected chi connectivity index (χ4v) is 4.01. The zero-order valence-electron chi connectivity index (χ0n) is 13.4. The topological polar surface area (TPSA) is 62.3 Å². The largest absolute Gasteiger partial charge is 0.312 e. The van der Waals surface area contributed by atoms with Crippen LogP contribution in [0.2, 0.25) is 5.02 Å². The molecule has 2 amide bonds. The number of halogens is 2. The van der Waals surface area contributed by atoms with Gasteiger partial charge in [-0.1, -0.05) is 29.0 Å². The van der Waals surface area contributed by atoms with Crippen LogP contribution in [0.15, 0.2) is 42.5 Å². The first-order chi connectivity index (χ1) is 12.5. The Morgan fingerprint density at radius 2 is 2.15 bits per heavy atom. The second-order valence-corrected chi connectivity index (χ2v) is 7.47. The zero-order valence-corrected chi connectivity index (χ0v) is 15.0. The zero-order chi connectivity index (χ0) is 18.3. The smallest absolute Gasteiger partial charge is 0.231 e. The van der Waals surface area contributed by atoms with Gasteiger partial charge in [-0.3, -0.25) is 9.59 Å². The summed E-state index contributed by atoms with van der Waals surface area (Å²) in [6.45, 7) is 0.282. The molecule has 3 aromatic rings. The molecule has 132 valence electrons. The fraction of sp³-hybridized carbons (Fsp3) is 0.167. The lowest BCUT2D eigenvalue weighted by Gasteiger charge is -2.16. The Kier molecular flexibility index (Phi) is 4.34. The Morgan fingerprint density at radius 3 is 2.96 bits per heavy atom. The van der Waals surface area contributed by atoms with E-state index in [4.69, 9.17) is 11.6 Å². The van der Waals surface area contributed by atoms with Crippen LogP contribution in [0.1, 0.15) is 6.42 Å². The van der Waals surface area contributed by atoms with Gasteiger partial charge in [-0.15, -0.1) is 0 Å². The number of amides is 2. The average molecular weight is 390 g/mol. The molecule has 0 aliphatic carbocycles. The Hall–Kier alpha value is -2.51. The summed E-state index contributed by atoms with van der Waals surface area (Å²) in [6, 6.07) is 11.2. The number of fused-ring (bicyclic) bond motifs is 1. The Labute approximate surface area is 157 Å². The lowest BCUT2D eigenvalue weighted by Crippen LogP contribution is -2.28. The van der Waals surface area contributed by atoms with E-state index in [2.05, 4.69) is 10.3 Å². The van der Waals surface area contributed by atoms with E-state index in [1.807, 2.05) is 0 Å². The van der Waals surface area contributed by atoms with E-state index in [9.17, 15) is 14.0 Å². The van der Waals surface area contributed by atoms with Gasteiger partial charge in [0.1, 0.15) is 5.82 Å².